The van der Waals surface area contributed by atoms with Gasteiger partial charge in [-0.1, -0.05) is 0 Å². The minimum atomic E-state index is -1.83. The van der Waals surface area contributed by atoms with E-state index in [1.165, 1.54) is 0 Å². The second-order valence-electron chi connectivity index (χ2n) is 0.283. The van der Waals surface area contributed by atoms with Gasteiger partial charge in [-0.25, -0.2) is 4.79 Å². The van der Waals surface area contributed by atoms with Crippen molar-refractivity contribution in [2.45, 2.75) is 0 Å². The van der Waals surface area contributed by atoms with Crippen LogP contribution in [0, 0.1) is 0 Å². The van der Waals surface area contributed by atoms with Gasteiger partial charge in [-0.05, 0) is 0 Å². The number of hydrogen-bond donors (Lipinski definition) is 2. The average Bonchev–Trinajstić information content (AvgIpc) is 1.98. The van der Waals surface area contributed by atoms with E-state index in [9.17, 15) is 0 Å². The number of rotatable bonds is 0. The van der Waals surface area contributed by atoms with Crippen LogP contribution in [0.5, 0.6) is 0 Å². The number of carboxylic acid groups (broad SMARTS) is 2. The summed E-state index contributed by atoms with van der Waals surface area (Å²) in [7, 11) is 0. The molecule has 0 radical (unpaired) electrons. The second-order valence-corrected chi connectivity index (χ2v) is 0.283. The molecule has 0 aromatic rings. The van der Waals surface area contributed by atoms with E-state index in [-0.39, 0.29) is 18.9 Å². The van der Waals surface area contributed by atoms with Gasteiger partial charge in [0.25, 0.3) is 0 Å². The van der Waals surface area contributed by atoms with Gasteiger partial charge >= 0.3 is 83.6 Å². The van der Waals surface area contributed by atoms with Crippen LogP contribution < -0.4 is 0 Å². The van der Waals surface area contributed by atoms with Gasteiger partial charge in [-0.2, -0.15) is 0 Å². The normalized spacial score (nSPS) is 3.55. The first-order chi connectivity index (χ1) is 4.73. The fourth-order valence-corrected chi connectivity index (χ4v) is 0. The third-order valence-corrected chi connectivity index (χ3v) is 0. The van der Waals surface area contributed by atoms with E-state index >= 15 is 0 Å². The van der Waals surface area contributed by atoms with Crippen molar-refractivity contribution in [2.75, 3.05) is 0 Å². The molecule has 0 rings (SSSR count). The van der Waals surface area contributed by atoms with Gasteiger partial charge in [0.1, 0.15) is 0 Å². The predicted octanol–water partition coefficient (Wildman–Crippen LogP) is -0.790. The zero-order valence-corrected chi connectivity index (χ0v) is 7.26. The predicted molar refractivity (Wildman–Crippen MR) is 19.9 cm³/mol. The van der Waals surface area contributed by atoms with E-state index in [1.54, 1.807) is 15.9 Å². The molecule has 0 bridgehead atoms. The molecule has 0 amide bonds. The Kier molecular flexibility index (Phi) is 195. The third kappa shape index (κ3) is 1350. The van der Waals surface area contributed by atoms with Crippen LogP contribution in [-0.2, 0) is 58.6 Å². The van der Waals surface area contributed by atoms with Gasteiger partial charge in [0.15, 0.2) is 0 Å². The summed E-state index contributed by atoms with van der Waals surface area (Å²) < 4.78 is 23.9. The van der Waals surface area contributed by atoms with Crippen LogP contribution in [0.4, 0.5) is 4.79 Å². The topological polar surface area (TPSA) is 109 Å². The van der Waals surface area contributed by atoms with Crippen LogP contribution in [-0.4, -0.2) is 35.2 Å². The van der Waals surface area contributed by atoms with E-state index in [0.717, 1.165) is 0 Å². The monoisotopic (exact) mass is 290 g/mol. The molecule has 0 aliphatic rings. The Labute approximate surface area is 98.0 Å². The van der Waals surface area contributed by atoms with Crippen molar-refractivity contribution >= 4 is 25.0 Å². The Morgan fingerprint density at radius 1 is 1.18 bits per heavy atom. The maximum absolute atomic E-state index is 8.56. The Morgan fingerprint density at radius 3 is 1.18 bits per heavy atom. The molecule has 70 valence electrons. The van der Waals surface area contributed by atoms with E-state index < -0.39 is 6.16 Å². The Balaban J connectivity index is -0.0000000152. The molecule has 0 atom stereocenters. The molecule has 11 heavy (non-hydrogen) atoms. The molecule has 0 aromatic carbocycles. The van der Waals surface area contributed by atoms with E-state index in [2.05, 4.69) is 31.1 Å². The molecule has 0 saturated carbocycles. The van der Waals surface area contributed by atoms with Crippen molar-refractivity contribution in [1.82, 2.24) is 0 Å². The second kappa shape index (κ2) is 72.0. The summed E-state index contributed by atoms with van der Waals surface area (Å²) >= 11 is 6.62. The first-order valence-corrected chi connectivity index (χ1v) is 2.38. The summed E-state index contributed by atoms with van der Waals surface area (Å²) in [5.41, 5.74) is 0. The molecule has 0 spiro atoms. The molecule has 0 aliphatic carbocycles. The van der Waals surface area contributed by atoms with Crippen LogP contribution in [0.25, 0.3) is 0 Å². The maximum atomic E-state index is 8.56. The molecule has 2 N–H and O–H groups in total. The molecule has 0 fully saturated rings. The van der Waals surface area contributed by atoms with E-state index in [4.69, 9.17) is 26.6 Å². The zero-order valence-electron chi connectivity index (χ0n) is 4.05. The summed E-state index contributed by atoms with van der Waals surface area (Å²) in [6.07, 6.45) is -1.83. The number of hydrogen-bond acceptors (Lipinski definition) is 4. The van der Waals surface area contributed by atoms with Crippen molar-refractivity contribution in [1.29, 1.82) is 0 Å². The standard InChI is InChI=1S/CH2O3.Co.Li.Mn.Ni.3O.H/c2-1(3)4;;;;;;;;/h(H2,2,3,4);;;;;;;;. The van der Waals surface area contributed by atoms with Crippen molar-refractivity contribution in [3.8, 4) is 0 Å². The van der Waals surface area contributed by atoms with Gasteiger partial charge < -0.3 is 10.2 Å². The van der Waals surface area contributed by atoms with Crippen LogP contribution in [0.2, 0.25) is 0 Å². The fourth-order valence-electron chi connectivity index (χ4n) is 0. The van der Waals surface area contributed by atoms with Crippen LogP contribution in [0.15, 0.2) is 0 Å². The van der Waals surface area contributed by atoms with Crippen molar-refractivity contribution in [3.05, 3.63) is 0 Å². The Morgan fingerprint density at radius 2 is 1.18 bits per heavy atom. The zero-order chi connectivity index (χ0) is 9.58. The van der Waals surface area contributed by atoms with Gasteiger partial charge in [0, 0.05) is 0 Å². The van der Waals surface area contributed by atoms with Crippen molar-refractivity contribution < 1.29 is 73.6 Å². The first kappa shape index (κ1) is 29.8. The number of carbonyl (C=O) groups is 1. The van der Waals surface area contributed by atoms with Gasteiger partial charge in [-0.3, -0.25) is 0 Å². The summed E-state index contributed by atoms with van der Waals surface area (Å²) in [4.78, 5) is 8.56. The summed E-state index contributed by atoms with van der Waals surface area (Å²) in [6, 6.07) is 0. The SMILES string of the molecule is O=C(O)O.[LiH].[O]=[Co].[O]=[Mn].[O]=[Ni]. The summed E-state index contributed by atoms with van der Waals surface area (Å²) in [5.74, 6) is 0. The van der Waals surface area contributed by atoms with Crippen LogP contribution in [0.3, 0.4) is 0 Å². The molecule has 6 nitrogen and oxygen atoms in total. The van der Waals surface area contributed by atoms with E-state index in [1.807, 2.05) is 0 Å². The molecule has 0 heterocycles. The van der Waals surface area contributed by atoms with Gasteiger partial charge in [0.05, 0.1) is 0 Å². The third-order valence-electron chi connectivity index (χ3n) is 0. The molecular weight excluding hydrogens is 288 g/mol. The first-order valence-electron chi connectivity index (χ1n) is 1.07. The van der Waals surface area contributed by atoms with Crippen molar-refractivity contribution in [2.24, 2.45) is 0 Å². The molecule has 0 saturated heterocycles. The van der Waals surface area contributed by atoms with E-state index in [0.29, 0.717) is 0 Å². The van der Waals surface area contributed by atoms with Gasteiger partial charge in [0.2, 0.25) is 0 Å². The molecule has 0 aromatic heterocycles. The quantitative estimate of drug-likeness (QED) is 0.566. The Bertz CT molecular complexity index is 66.8. The minimum absolute atomic E-state index is 0. The van der Waals surface area contributed by atoms with Gasteiger partial charge in [-0.15, -0.1) is 0 Å². The average molecular weight is 291 g/mol. The van der Waals surface area contributed by atoms with Crippen LogP contribution in [0.1, 0.15) is 0 Å². The van der Waals surface area contributed by atoms with Crippen LogP contribution >= 0.6 is 0 Å². The molecule has 0 aliphatic heterocycles. The Hall–Kier alpha value is 0.787. The summed E-state index contributed by atoms with van der Waals surface area (Å²) in [5, 5.41) is 13.9. The molecular formula is CH3CoLiMnNiO6. The summed E-state index contributed by atoms with van der Waals surface area (Å²) in [6.45, 7) is 0. The molecule has 0 unspecified atom stereocenters. The van der Waals surface area contributed by atoms with Crippen molar-refractivity contribution in [3.63, 3.8) is 0 Å². The molecule has 10 heteroatoms. The fraction of sp³-hybridized carbons (Fsp3) is 0.